The monoisotopic (exact) mass is 280 g/mol. The summed E-state index contributed by atoms with van der Waals surface area (Å²) in [5.41, 5.74) is 2.33. The van der Waals surface area contributed by atoms with Gasteiger partial charge in [0.15, 0.2) is 0 Å². The summed E-state index contributed by atoms with van der Waals surface area (Å²) >= 11 is 0. The van der Waals surface area contributed by atoms with Crippen LogP contribution in [0.15, 0.2) is 11.6 Å². The molecule has 0 saturated carbocycles. The molecule has 0 amide bonds. The predicted octanol–water partition coefficient (Wildman–Crippen LogP) is 3.94. The Kier molecular flexibility index (Phi) is 6.27. The number of hydrogen-bond donors (Lipinski definition) is 1. The van der Waals surface area contributed by atoms with Crippen molar-refractivity contribution in [2.45, 2.75) is 54.9 Å². The van der Waals surface area contributed by atoms with Crippen molar-refractivity contribution in [3.63, 3.8) is 0 Å². The summed E-state index contributed by atoms with van der Waals surface area (Å²) < 4.78 is 0. The fourth-order valence-electron chi connectivity index (χ4n) is 2.90. The molecule has 118 valence electrons. The molecule has 1 N–H and O–H groups in total. The summed E-state index contributed by atoms with van der Waals surface area (Å²) in [4.78, 5) is 2.60. The Morgan fingerprint density at radius 2 is 1.85 bits per heavy atom. The van der Waals surface area contributed by atoms with E-state index >= 15 is 0 Å². The molecule has 0 radical (unpaired) electrons. The predicted molar refractivity (Wildman–Crippen MR) is 90.1 cm³/mol. The fraction of sp³-hybridized carbons (Fsp3) is 0.889. The van der Waals surface area contributed by atoms with Crippen LogP contribution < -0.4 is 5.32 Å². The Morgan fingerprint density at radius 1 is 1.20 bits per heavy atom. The van der Waals surface area contributed by atoms with Gasteiger partial charge in [0.25, 0.3) is 0 Å². The van der Waals surface area contributed by atoms with Crippen molar-refractivity contribution in [2.24, 2.45) is 16.7 Å². The first-order chi connectivity index (χ1) is 9.10. The average molecular weight is 280 g/mol. The van der Waals surface area contributed by atoms with Gasteiger partial charge < -0.3 is 5.32 Å². The molecule has 1 aliphatic rings. The Morgan fingerprint density at radius 3 is 2.30 bits per heavy atom. The second-order valence-corrected chi connectivity index (χ2v) is 8.65. The van der Waals surface area contributed by atoms with Crippen molar-refractivity contribution in [1.82, 2.24) is 10.2 Å². The maximum Gasteiger partial charge on any atom is 0.0166 e. The van der Waals surface area contributed by atoms with E-state index in [0.29, 0.717) is 10.8 Å². The quantitative estimate of drug-likeness (QED) is 0.742. The largest absolute Gasteiger partial charge is 0.316 e. The topological polar surface area (TPSA) is 15.3 Å². The third kappa shape index (κ3) is 6.41. The Hall–Kier alpha value is -0.340. The minimum Gasteiger partial charge on any atom is -0.316 e. The molecule has 1 aliphatic heterocycles. The molecule has 0 atom stereocenters. The first-order valence-electron chi connectivity index (χ1n) is 8.23. The number of hydrogen-bond acceptors (Lipinski definition) is 2. The van der Waals surface area contributed by atoms with Gasteiger partial charge in [0.1, 0.15) is 0 Å². The van der Waals surface area contributed by atoms with E-state index in [1.807, 2.05) is 0 Å². The SMILES string of the molecule is CC(C)CNCC(C)(C)CN1CC=C(C(C)(C)C)CC1. The summed E-state index contributed by atoms with van der Waals surface area (Å²) in [5, 5.41) is 3.61. The van der Waals surface area contributed by atoms with Crippen molar-refractivity contribution in [2.75, 3.05) is 32.7 Å². The summed E-state index contributed by atoms with van der Waals surface area (Å²) in [6.07, 6.45) is 3.69. The van der Waals surface area contributed by atoms with Gasteiger partial charge >= 0.3 is 0 Å². The summed E-state index contributed by atoms with van der Waals surface area (Å²) in [5.74, 6) is 0.734. The van der Waals surface area contributed by atoms with Gasteiger partial charge in [-0.05, 0) is 29.7 Å². The zero-order valence-electron chi connectivity index (χ0n) is 14.8. The molecule has 0 spiro atoms. The third-order valence-corrected chi connectivity index (χ3v) is 4.06. The molecule has 0 aromatic heterocycles. The second-order valence-electron chi connectivity index (χ2n) is 8.65. The van der Waals surface area contributed by atoms with Gasteiger partial charge in [-0.15, -0.1) is 0 Å². The van der Waals surface area contributed by atoms with Gasteiger partial charge in [0.2, 0.25) is 0 Å². The molecule has 1 heterocycles. The Bertz CT molecular complexity index is 321. The molecule has 2 nitrogen and oxygen atoms in total. The summed E-state index contributed by atoms with van der Waals surface area (Å²) in [7, 11) is 0. The molecule has 2 heteroatoms. The van der Waals surface area contributed by atoms with Gasteiger partial charge in [-0.2, -0.15) is 0 Å². The maximum absolute atomic E-state index is 3.61. The van der Waals surface area contributed by atoms with E-state index in [1.165, 1.54) is 19.5 Å². The van der Waals surface area contributed by atoms with Crippen LogP contribution in [0.4, 0.5) is 0 Å². The molecule has 0 aliphatic carbocycles. The van der Waals surface area contributed by atoms with Crippen LogP contribution >= 0.6 is 0 Å². The molecular weight excluding hydrogens is 244 g/mol. The number of rotatable bonds is 6. The van der Waals surface area contributed by atoms with Crippen molar-refractivity contribution < 1.29 is 0 Å². The lowest BCUT2D eigenvalue weighted by atomic mass is 9.82. The minimum atomic E-state index is 0.348. The number of nitrogens with one attached hydrogen (secondary N) is 1. The van der Waals surface area contributed by atoms with Crippen LogP contribution in [0.25, 0.3) is 0 Å². The molecule has 0 saturated heterocycles. The summed E-state index contributed by atoms with van der Waals surface area (Å²) in [6, 6.07) is 0. The van der Waals surface area contributed by atoms with E-state index in [0.717, 1.165) is 25.6 Å². The molecule has 0 aromatic rings. The van der Waals surface area contributed by atoms with Gasteiger partial charge in [-0.3, -0.25) is 4.90 Å². The van der Waals surface area contributed by atoms with Gasteiger partial charge in [-0.25, -0.2) is 0 Å². The van der Waals surface area contributed by atoms with Crippen LogP contribution in [0.3, 0.4) is 0 Å². The molecule has 0 bridgehead atoms. The Balaban J connectivity index is 2.40. The molecule has 20 heavy (non-hydrogen) atoms. The van der Waals surface area contributed by atoms with E-state index in [1.54, 1.807) is 5.57 Å². The molecule has 0 unspecified atom stereocenters. The van der Waals surface area contributed by atoms with Gasteiger partial charge in [0, 0.05) is 26.2 Å². The van der Waals surface area contributed by atoms with E-state index in [2.05, 4.69) is 64.8 Å². The highest BCUT2D eigenvalue weighted by Crippen LogP contribution is 2.30. The summed E-state index contributed by atoms with van der Waals surface area (Å²) in [6.45, 7) is 22.0. The van der Waals surface area contributed by atoms with Crippen molar-refractivity contribution >= 4 is 0 Å². The van der Waals surface area contributed by atoms with Crippen molar-refractivity contribution in [3.8, 4) is 0 Å². The van der Waals surface area contributed by atoms with Crippen molar-refractivity contribution in [3.05, 3.63) is 11.6 Å². The smallest absolute Gasteiger partial charge is 0.0166 e. The normalized spacial score (nSPS) is 18.5. The van der Waals surface area contributed by atoms with E-state index < -0.39 is 0 Å². The second kappa shape index (κ2) is 7.09. The lowest BCUT2D eigenvalue weighted by Crippen LogP contribution is -2.43. The molecular formula is C18H36N2. The van der Waals surface area contributed by atoms with Gasteiger partial charge in [0.05, 0.1) is 0 Å². The molecule has 0 aromatic carbocycles. The lowest BCUT2D eigenvalue weighted by Gasteiger charge is -2.37. The average Bonchev–Trinajstić information content (AvgIpc) is 2.26. The van der Waals surface area contributed by atoms with E-state index in [4.69, 9.17) is 0 Å². The Labute approximate surface area is 127 Å². The van der Waals surface area contributed by atoms with E-state index in [-0.39, 0.29) is 0 Å². The van der Waals surface area contributed by atoms with Crippen LogP contribution in [0.2, 0.25) is 0 Å². The molecule has 0 fully saturated rings. The van der Waals surface area contributed by atoms with E-state index in [9.17, 15) is 0 Å². The zero-order chi connectivity index (χ0) is 15.4. The zero-order valence-corrected chi connectivity index (χ0v) is 14.8. The third-order valence-electron chi connectivity index (χ3n) is 4.06. The van der Waals surface area contributed by atoms with Gasteiger partial charge in [-0.1, -0.05) is 60.1 Å². The van der Waals surface area contributed by atoms with Crippen LogP contribution in [0.5, 0.6) is 0 Å². The van der Waals surface area contributed by atoms with Crippen LogP contribution in [0, 0.1) is 16.7 Å². The minimum absolute atomic E-state index is 0.348. The standard InChI is InChI=1S/C18H36N2/c1-15(2)12-19-13-18(6,7)14-20-10-8-16(9-11-20)17(3,4)5/h8,15,19H,9-14H2,1-7H3. The number of nitrogens with zero attached hydrogens (tertiary/aromatic N) is 1. The van der Waals surface area contributed by atoms with Crippen LogP contribution in [-0.4, -0.2) is 37.6 Å². The highest BCUT2D eigenvalue weighted by molar-refractivity contribution is 5.14. The lowest BCUT2D eigenvalue weighted by molar-refractivity contribution is 0.178. The first-order valence-corrected chi connectivity index (χ1v) is 8.23. The molecule has 1 rings (SSSR count). The van der Waals surface area contributed by atoms with Crippen LogP contribution in [0.1, 0.15) is 54.9 Å². The highest BCUT2D eigenvalue weighted by atomic mass is 15.1. The van der Waals surface area contributed by atoms with Crippen LogP contribution in [-0.2, 0) is 0 Å². The van der Waals surface area contributed by atoms with Crippen molar-refractivity contribution in [1.29, 1.82) is 0 Å². The first kappa shape index (κ1) is 17.7. The maximum atomic E-state index is 3.61. The fourth-order valence-corrected chi connectivity index (χ4v) is 2.90. The highest BCUT2D eigenvalue weighted by Gasteiger charge is 2.25.